The number of aryl methyl sites for hydroxylation is 1. The first-order valence-corrected chi connectivity index (χ1v) is 10.3. The summed E-state index contributed by atoms with van der Waals surface area (Å²) < 4.78 is 0. The van der Waals surface area contributed by atoms with Crippen molar-refractivity contribution in [3.05, 3.63) is 65.7 Å². The molecule has 0 aliphatic carbocycles. The summed E-state index contributed by atoms with van der Waals surface area (Å²) in [5, 5.41) is 3.59. The number of nitrogens with one attached hydrogen (secondary N) is 2. The van der Waals surface area contributed by atoms with Crippen molar-refractivity contribution in [3.63, 3.8) is 0 Å². The number of carbonyl (C=O) groups excluding carboxylic acids is 3. The fourth-order valence-corrected chi connectivity index (χ4v) is 4.35. The van der Waals surface area contributed by atoms with E-state index < -0.39 is 23.4 Å². The van der Waals surface area contributed by atoms with Gasteiger partial charge in [-0.25, -0.2) is 4.79 Å². The van der Waals surface area contributed by atoms with Crippen molar-refractivity contribution in [1.82, 2.24) is 15.8 Å². The Morgan fingerprint density at radius 3 is 2.57 bits per heavy atom. The maximum absolute atomic E-state index is 13.2. The van der Waals surface area contributed by atoms with Crippen molar-refractivity contribution in [3.8, 4) is 0 Å². The Balaban J connectivity index is 1.51. The van der Waals surface area contributed by atoms with Crippen molar-refractivity contribution < 1.29 is 14.4 Å². The average Bonchev–Trinajstić information content (AvgIpc) is 3.01. The van der Waals surface area contributed by atoms with Crippen molar-refractivity contribution in [1.29, 1.82) is 0 Å². The summed E-state index contributed by atoms with van der Waals surface area (Å²) in [6, 6.07) is 16.7. The molecule has 2 aromatic rings. The zero-order valence-electron chi connectivity index (χ0n) is 17.2. The molecule has 2 aliphatic rings. The molecule has 0 saturated carbocycles. The number of urea groups is 1. The number of carbonyl (C=O) groups is 3. The number of benzene rings is 2. The van der Waals surface area contributed by atoms with Crippen molar-refractivity contribution >= 4 is 23.5 Å². The van der Waals surface area contributed by atoms with Gasteiger partial charge >= 0.3 is 6.03 Å². The van der Waals surface area contributed by atoms with Crippen molar-refractivity contribution in [2.45, 2.75) is 44.7 Å². The van der Waals surface area contributed by atoms with Crippen LogP contribution in [0.4, 0.5) is 10.5 Å². The number of anilines is 1. The van der Waals surface area contributed by atoms with E-state index in [9.17, 15) is 14.4 Å². The van der Waals surface area contributed by atoms with Crippen LogP contribution in [0.15, 0.2) is 54.6 Å². The summed E-state index contributed by atoms with van der Waals surface area (Å²) in [5.41, 5.74) is 4.28. The number of amides is 4. The molecule has 0 spiro atoms. The minimum atomic E-state index is -1.17. The Kier molecular flexibility index (Phi) is 5.20. The van der Waals surface area contributed by atoms with Crippen LogP contribution in [-0.2, 0) is 21.5 Å². The van der Waals surface area contributed by atoms with Gasteiger partial charge in [-0.05, 0) is 43.4 Å². The largest absolute Gasteiger partial charge is 0.359 e. The molecule has 7 nitrogen and oxygen atoms in total. The maximum atomic E-state index is 13.2. The maximum Gasteiger partial charge on any atom is 0.344 e. The average molecular weight is 406 g/mol. The predicted molar refractivity (Wildman–Crippen MR) is 114 cm³/mol. The zero-order chi connectivity index (χ0) is 21.3. The Hall–Kier alpha value is -3.35. The van der Waals surface area contributed by atoms with Gasteiger partial charge in [0.05, 0.1) is 6.54 Å². The molecule has 1 saturated heterocycles. The summed E-state index contributed by atoms with van der Waals surface area (Å²) in [4.78, 5) is 40.6. The van der Waals surface area contributed by atoms with Crippen LogP contribution in [0, 0.1) is 0 Å². The van der Waals surface area contributed by atoms with Crippen LogP contribution < -0.4 is 15.6 Å². The van der Waals surface area contributed by atoms with Gasteiger partial charge in [0.15, 0.2) is 0 Å². The quantitative estimate of drug-likeness (QED) is 0.748. The van der Waals surface area contributed by atoms with Gasteiger partial charge in [0.2, 0.25) is 0 Å². The second-order valence-electron chi connectivity index (χ2n) is 7.87. The first-order chi connectivity index (χ1) is 14.5. The number of hydrogen-bond donors (Lipinski definition) is 2. The summed E-state index contributed by atoms with van der Waals surface area (Å²) in [6.45, 7) is 3.98. The highest BCUT2D eigenvalue weighted by Gasteiger charge is 2.52. The molecule has 0 bridgehead atoms. The molecule has 0 unspecified atom stereocenters. The van der Waals surface area contributed by atoms with E-state index in [1.54, 1.807) is 12.1 Å². The Morgan fingerprint density at radius 1 is 1.13 bits per heavy atom. The van der Waals surface area contributed by atoms with E-state index in [0.29, 0.717) is 12.0 Å². The lowest BCUT2D eigenvalue weighted by molar-refractivity contribution is -0.139. The zero-order valence-corrected chi connectivity index (χ0v) is 17.2. The van der Waals surface area contributed by atoms with Crippen LogP contribution in [0.25, 0.3) is 0 Å². The molecule has 30 heavy (non-hydrogen) atoms. The van der Waals surface area contributed by atoms with Gasteiger partial charge in [0, 0.05) is 11.7 Å². The minimum Gasteiger partial charge on any atom is -0.359 e. The summed E-state index contributed by atoms with van der Waals surface area (Å²) in [6.07, 6.45) is 2.30. The molecule has 2 aromatic carbocycles. The Bertz CT molecular complexity index is 977. The highest BCUT2D eigenvalue weighted by Crippen LogP contribution is 2.32. The fraction of sp³-hybridized carbons (Fsp3) is 0.348. The Labute approximate surface area is 176 Å². The van der Waals surface area contributed by atoms with Gasteiger partial charge in [-0.15, -0.1) is 0 Å². The number of para-hydroxylation sites is 1. The normalized spacial score (nSPS) is 23.2. The van der Waals surface area contributed by atoms with E-state index in [1.165, 1.54) is 5.56 Å². The SMILES string of the molecule is CC[C@@]1(c2ccccc2)NC(=O)N(NC(=O)CN2c3ccccc3CC[C@H]2C)C1=O. The molecule has 7 heteroatoms. The predicted octanol–water partition coefficient (Wildman–Crippen LogP) is 2.72. The lowest BCUT2D eigenvalue weighted by Gasteiger charge is -2.36. The molecule has 4 amide bonds. The van der Waals surface area contributed by atoms with E-state index >= 15 is 0 Å². The van der Waals surface area contributed by atoms with Crippen LogP contribution in [-0.4, -0.2) is 35.4 Å². The molecular formula is C23H26N4O3. The van der Waals surface area contributed by atoms with E-state index in [4.69, 9.17) is 0 Å². The molecule has 1 fully saturated rings. The molecule has 2 heterocycles. The second kappa shape index (κ2) is 7.82. The molecule has 4 rings (SSSR count). The van der Waals surface area contributed by atoms with Crippen LogP contribution in [0.3, 0.4) is 0 Å². The van der Waals surface area contributed by atoms with Crippen LogP contribution >= 0.6 is 0 Å². The van der Waals surface area contributed by atoms with Gasteiger partial charge in [-0.3, -0.25) is 15.0 Å². The van der Waals surface area contributed by atoms with Crippen molar-refractivity contribution in [2.24, 2.45) is 0 Å². The molecule has 2 N–H and O–H groups in total. The first kappa shape index (κ1) is 19.9. The summed E-state index contributed by atoms with van der Waals surface area (Å²) >= 11 is 0. The number of nitrogens with zero attached hydrogens (tertiary/aromatic N) is 2. The topological polar surface area (TPSA) is 81.8 Å². The van der Waals surface area contributed by atoms with Gasteiger partial charge in [0.1, 0.15) is 5.54 Å². The minimum absolute atomic E-state index is 0.0691. The van der Waals surface area contributed by atoms with Crippen LogP contribution in [0.5, 0.6) is 0 Å². The highest BCUT2D eigenvalue weighted by atomic mass is 16.2. The van der Waals surface area contributed by atoms with Gasteiger partial charge < -0.3 is 10.2 Å². The molecule has 0 aromatic heterocycles. The van der Waals surface area contributed by atoms with Crippen LogP contribution in [0.1, 0.15) is 37.8 Å². The third kappa shape index (κ3) is 3.30. The summed E-state index contributed by atoms with van der Waals surface area (Å²) in [5.74, 6) is -0.872. The number of imide groups is 1. The second-order valence-corrected chi connectivity index (χ2v) is 7.87. The van der Waals surface area contributed by atoms with E-state index in [-0.39, 0.29) is 12.6 Å². The number of hydrogen-bond acceptors (Lipinski definition) is 4. The third-order valence-corrected chi connectivity index (χ3v) is 6.10. The lowest BCUT2D eigenvalue weighted by atomic mass is 9.87. The number of rotatable bonds is 5. The third-order valence-electron chi connectivity index (χ3n) is 6.10. The first-order valence-electron chi connectivity index (χ1n) is 10.3. The molecule has 156 valence electrons. The highest BCUT2D eigenvalue weighted by molar-refractivity contribution is 6.08. The molecule has 2 aliphatic heterocycles. The lowest BCUT2D eigenvalue weighted by Crippen LogP contribution is -2.52. The van der Waals surface area contributed by atoms with Gasteiger partial charge in [-0.1, -0.05) is 55.5 Å². The van der Waals surface area contributed by atoms with E-state index in [0.717, 1.165) is 23.5 Å². The molecule has 2 atom stereocenters. The monoisotopic (exact) mass is 406 g/mol. The fourth-order valence-electron chi connectivity index (χ4n) is 4.35. The number of fused-ring (bicyclic) bond motifs is 1. The summed E-state index contributed by atoms with van der Waals surface area (Å²) in [7, 11) is 0. The molecule has 0 radical (unpaired) electrons. The van der Waals surface area contributed by atoms with E-state index in [1.807, 2.05) is 48.2 Å². The van der Waals surface area contributed by atoms with E-state index in [2.05, 4.69) is 23.7 Å². The van der Waals surface area contributed by atoms with Crippen LogP contribution in [0.2, 0.25) is 0 Å². The number of hydrazine groups is 1. The van der Waals surface area contributed by atoms with Gasteiger partial charge in [0.25, 0.3) is 11.8 Å². The smallest absolute Gasteiger partial charge is 0.344 e. The molecular weight excluding hydrogens is 380 g/mol. The van der Waals surface area contributed by atoms with Crippen molar-refractivity contribution in [2.75, 3.05) is 11.4 Å². The standard InChI is InChI=1S/C23H26N4O3/c1-3-23(18-10-5-4-6-11-18)21(29)27(22(30)24-23)25-20(28)15-26-16(2)13-14-17-9-7-8-12-19(17)26/h4-12,16H,3,13-15H2,1-2H3,(H,24,30)(H,25,28)/t16-,23+/m1/s1. The van der Waals surface area contributed by atoms with Gasteiger partial charge in [-0.2, -0.15) is 5.01 Å². The Morgan fingerprint density at radius 2 is 1.83 bits per heavy atom.